The molecule has 0 bridgehead atoms. The van der Waals surface area contributed by atoms with E-state index in [1.54, 1.807) is 5.01 Å². The first kappa shape index (κ1) is 12.7. The molecule has 0 aromatic rings. The van der Waals surface area contributed by atoms with Crippen LogP contribution < -0.4 is 5.84 Å². The van der Waals surface area contributed by atoms with Crippen LogP contribution in [0, 0.1) is 5.92 Å². The Morgan fingerprint density at radius 3 is 2.92 bits per heavy atom. The van der Waals surface area contributed by atoms with E-state index in [0.717, 1.165) is 19.4 Å². The Morgan fingerprint density at radius 1 is 1.69 bits per heavy atom. The molecule has 0 spiro atoms. The Balaban J connectivity index is 0.00000144. The second-order valence-corrected chi connectivity index (χ2v) is 3.09. The van der Waals surface area contributed by atoms with Gasteiger partial charge in [0.1, 0.15) is 0 Å². The number of halogens is 1. The Labute approximate surface area is 84.8 Å². The van der Waals surface area contributed by atoms with E-state index in [4.69, 9.17) is 10.6 Å². The number of rotatable bonds is 2. The second-order valence-electron chi connectivity index (χ2n) is 3.09. The number of nitrogens with zero attached hydrogens (tertiary/aromatic N) is 1. The van der Waals surface area contributed by atoms with E-state index in [1.807, 2.05) is 6.92 Å². The van der Waals surface area contributed by atoms with Gasteiger partial charge in [0, 0.05) is 13.1 Å². The van der Waals surface area contributed by atoms with Crippen molar-refractivity contribution in [2.24, 2.45) is 11.8 Å². The number of hydrazine groups is 1. The molecule has 0 radical (unpaired) electrons. The third-order valence-corrected chi connectivity index (χ3v) is 2.07. The average molecular weight is 209 g/mol. The fraction of sp³-hybridized carbons (Fsp3) is 0.875. The first-order valence-electron chi connectivity index (χ1n) is 4.40. The highest BCUT2D eigenvalue weighted by atomic mass is 35.5. The highest BCUT2D eigenvalue weighted by molar-refractivity contribution is 5.85. The van der Waals surface area contributed by atoms with Crippen LogP contribution in [-0.4, -0.2) is 30.7 Å². The topological polar surface area (TPSA) is 55.6 Å². The van der Waals surface area contributed by atoms with Crippen molar-refractivity contribution >= 4 is 18.4 Å². The maximum Gasteiger partial charge on any atom is 0.310 e. The molecule has 0 amide bonds. The van der Waals surface area contributed by atoms with E-state index in [-0.39, 0.29) is 24.3 Å². The molecule has 5 heteroatoms. The molecular formula is C8H17ClN2O2. The van der Waals surface area contributed by atoms with Crippen LogP contribution in [0.15, 0.2) is 0 Å². The van der Waals surface area contributed by atoms with Crippen molar-refractivity contribution in [2.45, 2.75) is 19.8 Å². The molecule has 1 aliphatic rings. The lowest BCUT2D eigenvalue weighted by Gasteiger charge is -2.27. The van der Waals surface area contributed by atoms with Gasteiger partial charge < -0.3 is 4.74 Å². The van der Waals surface area contributed by atoms with Gasteiger partial charge in [0.15, 0.2) is 0 Å². The summed E-state index contributed by atoms with van der Waals surface area (Å²) in [6, 6.07) is 0. The monoisotopic (exact) mass is 208 g/mol. The van der Waals surface area contributed by atoms with Crippen LogP contribution in [0.5, 0.6) is 0 Å². The number of nitrogens with two attached hydrogens (primary N) is 1. The molecule has 1 aliphatic heterocycles. The van der Waals surface area contributed by atoms with Crippen LogP contribution in [0.3, 0.4) is 0 Å². The molecule has 1 saturated heterocycles. The number of carbonyl (C=O) groups is 1. The molecule has 1 unspecified atom stereocenters. The van der Waals surface area contributed by atoms with Crippen LogP contribution >= 0.6 is 12.4 Å². The molecule has 78 valence electrons. The molecule has 0 aromatic heterocycles. The van der Waals surface area contributed by atoms with Gasteiger partial charge in [-0.25, -0.2) is 5.01 Å². The summed E-state index contributed by atoms with van der Waals surface area (Å²) >= 11 is 0. The third kappa shape index (κ3) is 3.93. The van der Waals surface area contributed by atoms with Crippen LogP contribution in [0.25, 0.3) is 0 Å². The minimum absolute atomic E-state index is 0. The smallest absolute Gasteiger partial charge is 0.310 e. The standard InChI is InChI=1S/C8H16N2O2.ClH/c1-2-12-8(11)7-4-3-5-10(9)6-7;/h7H,2-6,9H2,1H3;1H. The molecular weight excluding hydrogens is 192 g/mol. The lowest BCUT2D eigenvalue weighted by molar-refractivity contribution is -0.149. The van der Waals surface area contributed by atoms with Gasteiger partial charge in [0.2, 0.25) is 0 Å². The first-order chi connectivity index (χ1) is 5.74. The predicted octanol–water partition coefficient (Wildman–Crippen LogP) is 0.557. The zero-order valence-electron chi connectivity index (χ0n) is 7.86. The van der Waals surface area contributed by atoms with Crippen molar-refractivity contribution in [3.8, 4) is 0 Å². The average Bonchev–Trinajstić information content (AvgIpc) is 2.05. The Bertz CT molecular complexity index is 166. The SMILES string of the molecule is CCOC(=O)C1CCCN(N)C1.Cl. The van der Waals surface area contributed by atoms with Gasteiger partial charge >= 0.3 is 5.97 Å². The van der Waals surface area contributed by atoms with Gasteiger partial charge in [0.25, 0.3) is 0 Å². The van der Waals surface area contributed by atoms with E-state index < -0.39 is 0 Å². The van der Waals surface area contributed by atoms with Gasteiger partial charge in [0.05, 0.1) is 12.5 Å². The maximum atomic E-state index is 11.2. The Kier molecular flexibility index (Phi) is 6.03. The third-order valence-electron chi connectivity index (χ3n) is 2.07. The van der Waals surface area contributed by atoms with Crippen molar-refractivity contribution in [3.05, 3.63) is 0 Å². The number of ether oxygens (including phenoxy) is 1. The van der Waals surface area contributed by atoms with Crippen LogP contribution in [0.2, 0.25) is 0 Å². The quantitative estimate of drug-likeness (QED) is 0.532. The molecule has 0 saturated carbocycles. The highest BCUT2D eigenvalue weighted by Crippen LogP contribution is 2.15. The molecule has 1 fully saturated rings. The van der Waals surface area contributed by atoms with Gasteiger partial charge in [-0.1, -0.05) is 0 Å². The highest BCUT2D eigenvalue weighted by Gasteiger charge is 2.24. The van der Waals surface area contributed by atoms with E-state index in [2.05, 4.69) is 0 Å². The lowest BCUT2D eigenvalue weighted by Crippen LogP contribution is -2.43. The van der Waals surface area contributed by atoms with E-state index in [0.29, 0.717) is 13.2 Å². The second kappa shape index (κ2) is 6.18. The van der Waals surface area contributed by atoms with Crippen LogP contribution in [-0.2, 0) is 9.53 Å². The number of esters is 1. The van der Waals surface area contributed by atoms with Crippen molar-refractivity contribution in [2.75, 3.05) is 19.7 Å². The summed E-state index contributed by atoms with van der Waals surface area (Å²) in [5.41, 5.74) is 0. The summed E-state index contributed by atoms with van der Waals surface area (Å²) in [6.45, 7) is 3.80. The largest absolute Gasteiger partial charge is 0.466 e. The summed E-state index contributed by atoms with van der Waals surface area (Å²) in [7, 11) is 0. The Hall–Kier alpha value is -0.320. The summed E-state index contributed by atoms with van der Waals surface area (Å²) < 4.78 is 4.91. The molecule has 13 heavy (non-hydrogen) atoms. The van der Waals surface area contributed by atoms with Gasteiger partial charge in [-0.3, -0.25) is 10.6 Å². The van der Waals surface area contributed by atoms with E-state index >= 15 is 0 Å². The molecule has 4 nitrogen and oxygen atoms in total. The fourth-order valence-corrected chi connectivity index (χ4v) is 1.46. The summed E-state index contributed by atoms with van der Waals surface area (Å²) in [6.07, 6.45) is 1.90. The lowest BCUT2D eigenvalue weighted by atomic mass is 10.00. The molecule has 2 N–H and O–H groups in total. The fourth-order valence-electron chi connectivity index (χ4n) is 1.46. The molecule has 1 rings (SSSR count). The predicted molar refractivity (Wildman–Crippen MR) is 52.4 cm³/mol. The van der Waals surface area contributed by atoms with Crippen molar-refractivity contribution in [3.63, 3.8) is 0 Å². The van der Waals surface area contributed by atoms with E-state index in [9.17, 15) is 4.79 Å². The molecule has 0 aromatic carbocycles. The van der Waals surface area contributed by atoms with Gasteiger partial charge in [-0.2, -0.15) is 0 Å². The molecule has 0 aliphatic carbocycles. The summed E-state index contributed by atoms with van der Waals surface area (Å²) in [5, 5.41) is 1.69. The normalized spacial score (nSPS) is 23.4. The zero-order valence-corrected chi connectivity index (χ0v) is 8.68. The number of hydrogen-bond donors (Lipinski definition) is 1. The summed E-state index contributed by atoms with van der Waals surface area (Å²) in [5.74, 6) is 5.47. The minimum Gasteiger partial charge on any atom is -0.466 e. The number of piperidine rings is 1. The van der Waals surface area contributed by atoms with E-state index in [1.165, 1.54) is 0 Å². The number of hydrogen-bond acceptors (Lipinski definition) is 4. The molecule has 1 heterocycles. The first-order valence-corrected chi connectivity index (χ1v) is 4.40. The number of carbonyl (C=O) groups excluding carboxylic acids is 1. The van der Waals surface area contributed by atoms with Crippen LogP contribution in [0.4, 0.5) is 0 Å². The van der Waals surface area contributed by atoms with Crippen molar-refractivity contribution < 1.29 is 9.53 Å². The van der Waals surface area contributed by atoms with Crippen molar-refractivity contribution in [1.29, 1.82) is 0 Å². The van der Waals surface area contributed by atoms with Crippen molar-refractivity contribution in [1.82, 2.24) is 5.01 Å². The zero-order chi connectivity index (χ0) is 8.97. The van der Waals surface area contributed by atoms with Crippen LogP contribution in [0.1, 0.15) is 19.8 Å². The summed E-state index contributed by atoms with van der Waals surface area (Å²) in [4.78, 5) is 11.2. The van der Waals surface area contributed by atoms with Gasteiger partial charge in [-0.05, 0) is 19.8 Å². The van der Waals surface area contributed by atoms with Gasteiger partial charge in [-0.15, -0.1) is 12.4 Å². The molecule has 1 atom stereocenters. The minimum atomic E-state index is -0.104. The Morgan fingerprint density at radius 2 is 2.38 bits per heavy atom. The maximum absolute atomic E-state index is 11.2.